The SMILES string of the molecule is CC(C)OC(=O)[C@@H]1C(=O)C[C@](C)(O)[C@H](C(=O)OC(C)C)[C@@H]1c1ccc(Br)cc1. The second-order valence-corrected chi connectivity index (χ2v) is 8.92. The Morgan fingerprint density at radius 3 is 2.07 bits per heavy atom. The lowest BCUT2D eigenvalue weighted by atomic mass is 9.61. The Balaban J connectivity index is 2.59. The normalized spacial score (nSPS) is 27.8. The average molecular weight is 455 g/mol. The summed E-state index contributed by atoms with van der Waals surface area (Å²) in [6.07, 6.45) is -1.13. The van der Waals surface area contributed by atoms with Crippen molar-refractivity contribution in [3.05, 3.63) is 34.3 Å². The van der Waals surface area contributed by atoms with Crippen LogP contribution in [0, 0.1) is 11.8 Å². The molecule has 1 aliphatic carbocycles. The Kier molecular flexibility index (Phi) is 7.04. The predicted octanol–water partition coefficient (Wildman–Crippen LogP) is 3.39. The summed E-state index contributed by atoms with van der Waals surface area (Å²) < 4.78 is 11.5. The van der Waals surface area contributed by atoms with E-state index in [-0.39, 0.29) is 6.42 Å². The zero-order valence-electron chi connectivity index (χ0n) is 16.8. The molecule has 1 saturated carbocycles. The van der Waals surface area contributed by atoms with Crippen molar-refractivity contribution in [2.24, 2.45) is 11.8 Å². The van der Waals surface area contributed by atoms with Gasteiger partial charge in [-0.05, 0) is 52.3 Å². The van der Waals surface area contributed by atoms with Crippen molar-refractivity contribution in [3.8, 4) is 0 Å². The Labute approximate surface area is 173 Å². The first-order valence-electron chi connectivity index (χ1n) is 9.35. The number of esters is 2. The van der Waals surface area contributed by atoms with Gasteiger partial charge in [-0.15, -0.1) is 0 Å². The molecular weight excluding hydrogens is 428 g/mol. The number of ketones is 1. The third-order valence-corrected chi connectivity index (χ3v) is 5.26. The number of carbonyl (C=O) groups is 3. The van der Waals surface area contributed by atoms with Crippen LogP contribution in [0.4, 0.5) is 0 Å². The van der Waals surface area contributed by atoms with E-state index in [1.54, 1.807) is 52.0 Å². The molecule has 0 aromatic heterocycles. The fourth-order valence-corrected chi connectivity index (χ4v) is 3.98. The van der Waals surface area contributed by atoms with Crippen molar-refractivity contribution in [1.82, 2.24) is 0 Å². The van der Waals surface area contributed by atoms with E-state index >= 15 is 0 Å². The standard InChI is InChI=1S/C21H27BrO6/c1-11(2)27-19(24)17-15(23)10-21(5,26)18(20(25)28-12(3)4)16(17)13-6-8-14(22)9-7-13/h6-9,11-12,16-18,26H,10H2,1-5H3/t16-,17-,18+,21+/m1/s1. The summed E-state index contributed by atoms with van der Waals surface area (Å²) >= 11 is 3.36. The molecule has 154 valence electrons. The predicted molar refractivity (Wildman–Crippen MR) is 107 cm³/mol. The summed E-state index contributed by atoms with van der Waals surface area (Å²) in [4.78, 5) is 38.6. The van der Waals surface area contributed by atoms with E-state index in [0.717, 1.165) is 4.47 Å². The summed E-state index contributed by atoms with van der Waals surface area (Å²) in [6, 6.07) is 6.99. The van der Waals surface area contributed by atoms with Gasteiger partial charge >= 0.3 is 11.9 Å². The van der Waals surface area contributed by atoms with Crippen LogP contribution in [0.1, 0.15) is 52.5 Å². The first kappa shape index (κ1) is 22.6. The maximum Gasteiger partial charge on any atom is 0.317 e. The number of ether oxygens (including phenoxy) is 2. The molecule has 1 aliphatic rings. The van der Waals surface area contributed by atoms with E-state index < -0.39 is 53.3 Å². The van der Waals surface area contributed by atoms with E-state index in [9.17, 15) is 19.5 Å². The van der Waals surface area contributed by atoms with Gasteiger partial charge in [0.1, 0.15) is 5.92 Å². The lowest BCUT2D eigenvalue weighted by Gasteiger charge is -2.44. The molecule has 0 amide bonds. The summed E-state index contributed by atoms with van der Waals surface area (Å²) in [5, 5.41) is 11.0. The van der Waals surface area contributed by atoms with Gasteiger partial charge in [-0.25, -0.2) is 0 Å². The minimum Gasteiger partial charge on any atom is -0.463 e. The molecule has 2 rings (SSSR count). The fourth-order valence-electron chi connectivity index (χ4n) is 3.71. The van der Waals surface area contributed by atoms with Crippen LogP contribution in [-0.4, -0.2) is 40.6 Å². The largest absolute Gasteiger partial charge is 0.463 e. The fraction of sp³-hybridized carbons (Fsp3) is 0.571. The van der Waals surface area contributed by atoms with Crippen molar-refractivity contribution in [2.45, 2.75) is 64.8 Å². The van der Waals surface area contributed by atoms with Crippen LogP contribution in [0.25, 0.3) is 0 Å². The Morgan fingerprint density at radius 1 is 1.07 bits per heavy atom. The monoisotopic (exact) mass is 454 g/mol. The number of hydrogen-bond acceptors (Lipinski definition) is 6. The van der Waals surface area contributed by atoms with Gasteiger partial charge in [-0.1, -0.05) is 28.1 Å². The number of hydrogen-bond donors (Lipinski definition) is 1. The highest BCUT2D eigenvalue weighted by Crippen LogP contribution is 2.47. The lowest BCUT2D eigenvalue weighted by Crippen LogP contribution is -2.55. The molecule has 0 bridgehead atoms. The molecule has 0 aliphatic heterocycles. The Bertz CT molecular complexity index is 730. The number of aliphatic hydroxyl groups is 1. The van der Waals surface area contributed by atoms with Gasteiger partial charge in [-0.3, -0.25) is 14.4 Å². The molecule has 7 heteroatoms. The first-order valence-corrected chi connectivity index (χ1v) is 10.1. The molecule has 0 unspecified atom stereocenters. The highest BCUT2D eigenvalue weighted by Gasteiger charge is 2.57. The number of halogens is 1. The van der Waals surface area contributed by atoms with E-state index in [4.69, 9.17) is 9.47 Å². The van der Waals surface area contributed by atoms with Crippen LogP contribution in [-0.2, 0) is 23.9 Å². The quantitative estimate of drug-likeness (QED) is 0.541. The number of carbonyl (C=O) groups excluding carboxylic acids is 3. The lowest BCUT2D eigenvalue weighted by molar-refractivity contribution is -0.176. The van der Waals surface area contributed by atoms with Crippen LogP contribution in [0.2, 0.25) is 0 Å². The number of Topliss-reactive ketones (excluding diaryl/α,β-unsaturated/α-hetero) is 1. The van der Waals surface area contributed by atoms with Crippen LogP contribution < -0.4 is 0 Å². The molecule has 1 aromatic rings. The van der Waals surface area contributed by atoms with Crippen LogP contribution in [0.3, 0.4) is 0 Å². The topological polar surface area (TPSA) is 89.9 Å². The van der Waals surface area contributed by atoms with E-state index in [2.05, 4.69) is 15.9 Å². The molecule has 0 saturated heterocycles. The molecule has 0 radical (unpaired) electrons. The molecule has 1 N–H and O–H groups in total. The molecule has 6 nitrogen and oxygen atoms in total. The van der Waals surface area contributed by atoms with Crippen molar-refractivity contribution in [2.75, 3.05) is 0 Å². The first-order chi connectivity index (χ1) is 12.9. The van der Waals surface area contributed by atoms with Gasteiger partial charge in [0.15, 0.2) is 5.78 Å². The van der Waals surface area contributed by atoms with Gasteiger partial charge in [0.05, 0.1) is 23.7 Å². The van der Waals surface area contributed by atoms with E-state index in [0.29, 0.717) is 5.56 Å². The second-order valence-electron chi connectivity index (χ2n) is 8.00. The van der Waals surface area contributed by atoms with Crippen molar-refractivity contribution in [3.63, 3.8) is 0 Å². The van der Waals surface area contributed by atoms with Crippen LogP contribution >= 0.6 is 15.9 Å². The zero-order valence-corrected chi connectivity index (χ0v) is 18.4. The van der Waals surface area contributed by atoms with Gasteiger partial charge < -0.3 is 14.6 Å². The Hall–Kier alpha value is -1.73. The van der Waals surface area contributed by atoms with Gasteiger partial charge in [0.2, 0.25) is 0 Å². The summed E-state index contributed by atoms with van der Waals surface area (Å²) in [7, 11) is 0. The van der Waals surface area contributed by atoms with Crippen molar-refractivity contribution < 1.29 is 29.0 Å². The maximum atomic E-state index is 12.9. The second kappa shape index (κ2) is 8.74. The minimum absolute atomic E-state index is 0.324. The summed E-state index contributed by atoms with van der Waals surface area (Å²) in [5.41, 5.74) is -1.05. The number of rotatable bonds is 5. The zero-order chi connectivity index (χ0) is 21.2. The van der Waals surface area contributed by atoms with Gasteiger partial charge in [0, 0.05) is 16.8 Å². The van der Waals surface area contributed by atoms with Gasteiger partial charge in [-0.2, -0.15) is 0 Å². The third-order valence-electron chi connectivity index (χ3n) is 4.73. The Morgan fingerprint density at radius 2 is 1.57 bits per heavy atom. The molecule has 28 heavy (non-hydrogen) atoms. The van der Waals surface area contributed by atoms with Crippen molar-refractivity contribution in [1.29, 1.82) is 0 Å². The molecule has 0 heterocycles. The van der Waals surface area contributed by atoms with E-state index in [1.165, 1.54) is 6.92 Å². The minimum atomic E-state index is -1.64. The number of benzene rings is 1. The summed E-state index contributed by atoms with van der Waals surface area (Å²) in [6.45, 7) is 8.24. The smallest absolute Gasteiger partial charge is 0.317 e. The van der Waals surface area contributed by atoms with Crippen molar-refractivity contribution >= 4 is 33.7 Å². The van der Waals surface area contributed by atoms with Crippen LogP contribution in [0.15, 0.2) is 28.7 Å². The highest BCUT2D eigenvalue weighted by molar-refractivity contribution is 9.10. The summed E-state index contributed by atoms with van der Waals surface area (Å²) in [5.74, 6) is -4.93. The maximum absolute atomic E-state index is 12.9. The van der Waals surface area contributed by atoms with Crippen LogP contribution in [0.5, 0.6) is 0 Å². The van der Waals surface area contributed by atoms with E-state index in [1.807, 2.05) is 0 Å². The van der Waals surface area contributed by atoms with Gasteiger partial charge in [0.25, 0.3) is 0 Å². The molecule has 1 fully saturated rings. The molecule has 1 aromatic carbocycles. The average Bonchev–Trinajstić information content (AvgIpc) is 2.52. The molecule has 4 atom stereocenters. The highest BCUT2D eigenvalue weighted by atomic mass is 79.9. The third kappa shape index (κ3) is 5.00. The molecular formula is C21H27BrO6. The molecule has 0 spiro atoms.